The van der Waals surface area contributed by atoms with E-state index in [1.54, 1.807) is 6.92 Å². The van der Waals surface area contributed by atoms with E-state index in [4.69, 9.17) is 56.8 Å². The van der Waals surface area contributed by atoms with Crippen LogP contribution in [0.25, 0.3) is 0 Å². The van der Waals surface area contributed by atoms with Gasteiger partial charge in [-0.1, -0.05) is 26.8 Å². The Morgan fingerprint density at radius 3 is 1.29 bits per heavy atom. The van der Waals surface area contributed by atoms with Crippen LogP contribution in [0.5, 0.6) is 0 Å². The first-order valence-electron chi connectivity index (χ1n) is 30.7. The van der Waals surface area contributed by atoms with Gasteiger partial charge in [0.05, 0.1) is 62.9 Å². The van der Waals surface area contributed by atoms with Gasteiger partial charge in [-0.05, 0) is 86.5 Å². The number of ether oxygens (including phenoxy) is 12. The molecule has 10 rings (SSSR count). The van der Waals surface area contributed by atoms with Gasteiger partial charge in [-0.15, -0.1) is 0 Å². The Hall–Kier alpha value is -1.99. The topological polar surface area (TPSA) is 512 Å². The molecule has 89 heavy (non-hydrogen) atoms. The third-order valence-corrected chi connectivity index (χ3v) is 21.7. The van der Waals surface area contributed by atoms with Crippen molar-refractivity contribution in [1.29, 1.82) is 0 Å². The first-order valence-corrected chi connectivity index (χ1v) is 30.7. The highest BCUT2D eigenvalue weighted by atomic mass is 16.8. The standard InChI is InChI=1S/C57H92O32/c1-20-12-56-10-6-28-54(3,8-5-9-55(28,4)53(77)88-51-45(86-47-39(73)30(64)21(2)22(13-58)78-47)43(34(68)26(17-62)82-51)84-48-40(74)36(70)31(65)23(14-59)79-48)29(56)7-11-57(20,19-56)89-52-46(87-50-42(76)38(72)33(67)25(16-61)81-50)44(35(69)27(18-63)83-52)85-49-41(75)37(71)32(66)24(15-60)80-49/h21-52,58-76H,1,5-19H2,2-4H3/t21-,22+,23-,24-,25-,26-,27-,28?,29+,30-,31+,32-,33-,34-,35+,36+,37+,38+,39-,40-,41-,42-,43+,44+,45-,46-,47+,48+,49+,50+,51+,52+,54-,55-,56?,57?/m1/s1. The molecule has 0 aromatic heterocycles. The molecule has 6 aliphatic heterocycles. The molecule has 10 aliphatic rings. The van der Waals surface area contributed by atoms with Crippen molar-refractivity contribution < 1.29 is 159 Å². The lowest BCUT2D eigenvalue weighted by molar-refractivity contribution is -0.400. The van der Waals surface area contributed by atoms with Crippen LogP contribution in [0.15, 0.2) is 12.2 Å². The van der Waals surface area contributed by atoms with Crippen LogP contribution in [0.1, 0.15) is 78.6 Å². The van der Waals surface area contributed by atoms with Gasteiger partial charge in [-0.25, -0.2) is 0 Å². The summed E-state index contributed by atoms with van der Waals surface area (Å²) in [6, 6.07) is 0. The molecule has 32 nitrogen and oxygen atoms in total. The molecule has 3 unspecified atom stereocenters. The maximum atomic E-state index is 15.4. The van der Waals surface area contributed by atoms with Gasteiger partial charge in [0.1, 0.15) is 122 Å². The largest absolute Gasteiger partial charge is 0.432 e. The summed E-state index contributed by atoms with van der Waals surface area (Å²) in [4.78, 5) is 15.4. The summed E-state index contributed by atoms with van der Waals surface area (Å²) in [7, 11) is 0. The summed E-state index contributed by atoms with van der Waals surface area (Å²) in [6.07, 6.45) is -48.0. The monoisotopic (exact) mass is 1290 g/mol. The van der Waals surface area contributed by atoms with Crippen LogP contribution in [0, 0.1) is 34.0 Å². The number of carbonyl (C=O) groups is 1. The molecular weight excluding hydrogens is 1200 g/mol. The zero-order chi connectivity index (χ0) is 64.7. The molecule has 4 saturated carbocycles. The van der Waals surface area contributed by atoms with Gasteiger partial charge in [0, 0.05) is 5.92 Å². The summed E-state index contributed by atoms with van der Waals surface area (Å²) in [6.45, 7) is 4.93. The average Bonchev–Trinajstić information content (AvgIpc) is 1.62. The summed E-state index contributed by atoms with van der Waals surface area (Å²) < 4.78 is 73.5. The number of rotatable bonds is 18. The van der Waals surface area contributed by atoms with Crippen molar-refractivity contribution in [2.24, 2.45) is 34.0 Å². The predicted molar refractivity (Wildman–Crippen MR) is 287 cm³/mol. The van der Waals surface area contributed by atoms with Gasteiger partial charge in [-0.3, -0.25) is 4.79 Å². The van der Waals surface area contributed by atoms with Crippen molar-refractivity contribution in [3.63, 3.8) is 0 Å². The van der Waals surface area contributed by atoms with Gasteiger partial charge < -0.3 is 154 Å². The van der Waals surface area contributed by atoms with Crippen LogP contribution in [0.4, 0.5) is 0 Å². The number of carbonyl (C=O) groups excluding carboxylic acids is 1. The molecule has 2 bridgehead atoms. The zero-order valence-electron chi connectivity index (χ0n) is 49.6. The van der Waals surface area contributed by atoms with E-state index in [1.165, 1.54) is 6.92 Å². The first-order chi connectivity index (χ1) is 42.1. The molecule has 6 saturated heterocycles. The number of esters is 1. The number of aliphatic hydroxyl groups excluding tert-OH is 19. The van der Waals surface area contributed by atoms with Gasteiger partial charge >= 0.3 is 5.97 Å². The van der Waals surface area contributed by atoms with Crippen molar-refractivity contribution >= 4 is 5.97 Å². The Morgan fingerprint density at radius 2 is 0.831 bits per heavy atom. The zero-order valence-corrected chi connectivity index (χ0v) is 49.6. The molecule has 0 aromatic carbocycles. The van der Waals surface area contributed by atoms with Crippen molar-refractivity contribution in [3.05, 3.63) is 12.2 Å². The SMILES string of the molecule is C=C1CC23CCC4[C@](C)(C(=O)O[C@@H]5O[C@H](CO)[C@@H](O)[C@H](O[C@@H]6O[C@H](CO)[C@H](O)[C@H](O)[C@H]6O)[C@H]5O[C@@H]5O[C@@H](CO)[C@@H](C)[C@@H](O)[C@H]5O)CCC[C@@]4(C)[C@@H]2CCC1(O[C@@H]1O[C@H](CO)[C@H](O)[C@H](O[C@@H]2O[C@H](CO)[C@@H](O)[C@H](O)[C@H]2O)[C@H]1O[C@@H]1O[C@H](CO)[C@@H](O)[C@H](O)[C@H]1O)C3. The second-order valence-corrected chi connectivity index (χ2v) is 26.8. The summed E-state index contributed by atoms with van der Waals surface area (Å²) >= 11 is 0. The van der Waals surface area contributed by atoms with E-state index in [1.807, 2.05) is 0 Å². The minimum absolute atomic E-state index is 0.134. The molecule has 1 spiro atoms. The van der Waals surface area contributed by atoms with Gasteiger partial charge in [0.25, 0.3) is 0 Å². The molecule has 10 fully saturated rings. The van der Waals surface area contributed by atoms with E-state index in [0.717, 1.165) is 0 Å². The Balaban J connectivity index is 0.921. The molecule has 6 heterocycles. The quantitative estimate of drug-likeness (QED) is 0.0344. The van der Waals surface area contributed by atoms with Crippen LogP contribution in [0.3, 0.4) is 0 Å². The minimum Gasteiger partial charge on any atom is -0.432 e. The third-order valence-electron chi connectivity index (χ3n) is 21.7. The molecule has 0 aromatic rings. The molecule has 512 valence electrons. The molecule has 0 amide bonds. The van der Waals surface area contributed by atoms with Crippen LogP contribution >= 0.6 is 0 Å². The number of hydrogen-bond acceptors (Lipinski definition) is 32. The molecule has 36 atom stereocenters. The Bertz CT molecular complexity index is 2390. The van der Waals surface area contributed by atoms with Crippen molar-refractivity contribution in [2.45, 2.75) is 262 Å². The lowest BCUT2D eigenvalue weighted by atomic mass is 9.41. The van der Waals surface area contributed by atoms with Crippen molar-refractivity contribution in [3.8, 4) is 0 Å². The van der Waals surface area contributed by atoms with Crippen LogP contribution in [0.2, 0.25) is 0 Å². The summed E-state index contributed by atoms with van der Waals surface area (Å²) in [5.74, 6) is -2.18. The Morgan fingerprint density at radius 1 is 0.449 bits per heavy atom. The molecule has 32 heteroatoms. The van der Waals surface area contributed by atoms with Crippen molar-refractivity contribution in [2.75, 3.05) is 39.6 Å². The van der Waals surface area contributed by atoms with Crippen molar-refractivity contribution in [1.82, 2.24) is 0 Å². The molecular formula is C57H92O32. The second-order valence-electron chi connectivity index (χ2n) is 26.8. The summed E-state index contributed by atoms with van der Waals surface area (Å²) in [5.41, 5.74) is -3.13. The van der Waals surface area contributed by atoms with Gasteiger partial charge in [0.2, 0.25) is 6.29 Å². The second kappa shape index (κ2) is 27.3. The van der Waals surface area contributed by atoms with Gasteiger partial charge in [-0.2, -0.15) is 0 Å². The lowest BCUT2D eigenvalue weighted by Gasteiger charge is -2.64. The normalized spacial score (nSPS) is 54.5. The van der Waals surface area contributed by atoms with E-state index in [9.17, 15) is 97.0 Å². The van der Waals surface area contributed by atoms with E-state index in [0.29, 0.717) is 56.9 Å². The van der Waals surface area contributed by atoms with E-state index in [2.05, 4.69) is 13.5 Å². The highest BCUT2D eigenvalue weighted by Gasteiger charge is 2.70. The van der Waals surface area contributed by atoms with Crippen LogP contribution in [-0.2, 0) is 61.6 Å². The first kappa shape index (κ1) is 69.8. The lowest BCUT2D eigenvalue weighted by Crippen LogP contribution is -2.68. The number of hydrogen-bond donors (Lipinski definition) is 19. The van der Waals surface area contributed by atoms with Crippen LogP contribution < -0.4 is 0 Å². The van der Waals surface area contributed by atoms with E-state index < -0.39 is 257 Å². The summed E-state index contributed by atoms with van der Waals surface area (Å²) in [5, 5.41) is 205. The minimum atomic E-state index is -2.03. The number of fused-ring (bicyclic) bond motifs is 3. The highest BCUT2D eigenvalue weighted by Crippen LogP contribution is 2.74. The molecule has 19 N–H and O–H groups in total. The molecule has 4 aliphatic carbocycles. The van der Waals surface area contributed by atoms with Crippen LogP contribution in [-0.4, -0.2) is 326 Å². The molecule has 0 radical (unpaired) electrons. The van der Waals surface area contributed by atoms with E-state index >= 15 is 4.79 Å². The maximum absolute atomic E-state index is 15.4. The Labute approximate surface area is 511 Å². The van der Waals surface area contributed by atoms with E-state index in [-0.39, 0.29) is 12.3 Å². The fraction of sp³-hybridized carbons (Fsp3) is 0.947. The third kappa shape index (κ3) is 12.3. The highest BCUT2D eigenvalue weighted by molar-refractivity contribution is 5.77. The number of aliphatic hydroxyl groups is 19. The maximum Gasteiger partial charge on any atom is 0.314 e. The smallest absolute Gasteiger partial charge is 0.314 e. The predicted octanol–water partition coefficient (Wildman–Crippen LogP) is -8.19. The Kier molecular flexibility index (Phi) is 21.4. The average molecular weight is 1290 g/mol. The fourth-order valence-electron chi connectivity index (χ4n) is 16.6. The fourth-order valence-corrected chi connectivity index (χ4v) is 16.6. The van der Waals surface area contributed by atoms with Gasteiger partial charge in [0.15, 0.2) is 37.6 Å².